The lowest BCUT2D eigenvalue weighted by molar-refractivity contribution is 0.579. The molecule has 0 aliphatic carbocycles. The van der Waals surface area contributed by atoms with E-state index in [2.05, 4.69) is 19.6 Å². The fraction of sp³-hybridized carbons (Fsp3) is 0.714. The molecule has 12 heavy (non-hydrogen) atoms. The molecule has 3 heterocycles. The quantitative estimate of drug-likeness (QED) is 0.668. The molecule has 2 atom stereocenters. The first kappa shape index (κ1) is 6.80. The van der Waals surface area contributed by atoms with Gasteiger partial charge in [0.1, 0.15) is 6.33 Å². The second-order valence-electron chi connectivity index (χ2n) is 3.37. The summed E-state index contributed by atoms with van der Waals surface area (Å²) in [5, 5.41) is 4.55. The average Bonchev–Trinajstić information content (AvgIpc) is 2.81. The largest absolute Gasteiger partial charge is 0.341 e. The van der Waals surface area contributed by atoms with Crippen molar-refractivity contribution in [3.8, 4) is 0 Å². The van der Waals surface area contributed by atoms with Crippen LogP contribution in [0.1, 0.15) is 6.42 Å². The van der Waals surface area contributed by atoms with Crippen molar-refractivity contribution in [3.05, 3.63) is 6.33 Å². The third kappa shape index (κ3) is 0.864. The third-order valence-corrected chi connectivity index (χ3v) is 3.35. The van der Waals surface area contributed by atoms with Crippen LogP contribution in [0.15, 0.2) is 6.33 Å². The first-order valence-electron chi connectivity index (χ1n) is 4.20. The van der Waals surface area contributed by atoms with Crippen LogP contribution in [-0.4, -0.2) is 34.5 Å². The summed E-state index contributed by atoms with van der Waals surface area (Å²) in [6.07, 6.45) is 2.92. The van der Waals surface area contributed by atoms with Gasteiger partial charge in [-0.25, -0.2) is 4.98 Å². The fourth-order valence-electron chi connectivity index (χ4n) is 2.09. The summed E-state index contributed by atoms with van der Waals surface area (Å²) >= 11 is 1.50. The van der Waals surface area contributed by atoms with E-state index in [0.717, 1.165) is 18.2 Å². The number of rotatable bonds is 1. The van der Waals surface area contributed by atoms with E-state index in [4.69, 9.17) is 0 Å². The molecule has 0 radical (unpaired) electrons. The molecule has 2 bridgehead atoms. The van der Waals surface area contributed by atoms with Crippen molar-refractivity contribution in [2.45, 2.75) is 18.5 Å². The molecule has 3 rings (SSSR count). The molecule has 2 saturated heterocycles. The topological polar surface area (TPSA) is 41.1 Å². The zero-order chi connectivity index (χ0) is 7.97. The normalized spacial score (nSPS) is 33.2. The second kappa shape index (κ2) is 2.40. The third-order valence-electron chi connectivity index (χ3n) is 2.65. The van der Waals surface area contributed by atoms with E-state index in [1.807, 2.05) is 0 Å². The summed E-state index contributed by atoms with van der Waals surface area (Å²) in [6.45, 7) is 2.23. The van der Waals surface area contributed by atoms with Crippen LogP contribution in [-0.2, 0) is 0 Å². The van der Waals surface area contributed by atoms with Crippen LogP contribution in [0.2, 0.25) is 0 Å². The molecule has 0 saturated carbocycles. The Balaban J connectivity index is 1.87. The number of piperazine rings is 1. The van der Waals surface area contributed by atoms with Gasteiger partial charge in [0.2, 0.25) is 5.13 Å². The second-order valence-corrected chi connectivity index (χ2v) is 4.13. The summed E-state index contributed by atoms with van der Waals surface area (Å²) in [7, 11) is 0. The molecule has 1 aromatic rings. The van der Waals surface area contributed by atoms with Gasteiger partial charge in [-0.3, -0.25) is 0 Å². The van der Waals surface area contributed by atoms with E-state index in [9.17, 15) is 0 Å². The van der Waals surface area contributed by atoms with Crippen LogP contribution in [0, 0.1) is 0 Å². The molecule has 2 aliphatic rings. The minimum Gasteiger partial charge on any atom is -0.341 e. The van der Waals surface area contributed by atoms with Crippen LogP contribution < -0.4 is 10.2 Å². The summed E-state index contributed by atoms with van der Waals surface area (Å²) in [5.41, 5.74) is 0. The summed E-state index contributed by atoms with van der Waals surface area (Å²) < 4.78 is 4.02. The predicted molar refractivity (Wildman–Crippen MR) is 47.5 cm³/mol. The maximum atomic E-state index is 4.22. The number of hydrogen-bond acceptors (Lipinski definition) is 5. The molecular weight excluding hydrogens is 172 g/mol. The van der Waals surface area contributed by atoms with Crippen molar-refractivity contribution in [1.29, 1.82) is 0 Å². The van der Waals surface area contributed by atoms with E-state index in [0.29, 0.717) is 12.1 Å². The Morgan fingerprint density at radius 2 is 2.67 bits per heavy atom. The highest BCUT2D eigenvalue weighted by molar-refractivity contribution is 7.09. The van der Waals surface area contributed by atoms with E-state index in [1.165, 1.54) is 18.0 Å². The number of nitrogens with one attached hydrogen (secondary N) is 1. The lowest BCUT2D eigenvalue weighted by Gasteiger charge is -2.26. The van der Waals surface area contributed by atoms with Crippen LogP contribution in [0.5, 0.6) is 0 Å². The average molecular weight is 182 g/mol. The highest BCUT2D eigenvalue weighted by Gasteiger charge is 2.38. The van der Waals surface area contributed by atoms with Crippen molar-refractivity contribution in [2.24, 2.45) is 0 Å². The molecule has 0 spiro atoms. The predicted octanol–water partition coefficient (Wildman–Crippen LogP) is 0.0886. The van der Waals surface area contributed by atoms with Gasteiger partial charge in [-0.2, -0.15) is 4.37 Å². The van der Waals surface area contributed by atoms with Crippen LogP contribution in [0.3, 0.4) is 0 Å². The van der Waals surface area contributed by atoms with Crippen molar-refractivity contribution >= 4 is 16.7 Å². The van der Waals surface area contributed by atoms with Crippen molar-refractivity contribution < 1.29 is 0 Å². The lowest BCUT2D eigenvalue weighted by atomic mass is 10.2. The minimum absolute atomic E-state index is 0.669. The van der Waals surface area contributed by atoms with Gasteiger partial charge in [0.15, 0.2) is 0 Å². The Kier molecular flexibility index (Phi) is 1.36. The zero-order valence-electron chi connectivity index (χ0n) is 6.60. The molecule has 0 aromatic carbocycles. The molecule has 64 valence electrons. The Morgan fingerprint density at radius 3 is 3.25 bits per heavy atom. The van der Waals surface area contributed by atoms with Crippen molar-refractivity contribution in [3.63, 3.8) is 0 Å². The van der Waals surface area contributed by atoms with Gasteiger partial charge in [-0.05, 0) is 6.42 Å². The maximum Gasteiger partial charge on any atom is 0.205 e. The molecule has 4 nitrogen and oxygen atoms in total. The molecule has 1 aromatic heterocycles. The van der Waals surface area contributed by atoms with Gasteiger partial charge in [0.05, 0.1) is 0 Å². The Bertz CT molecular complexity index is 273. The van der Waals surface area contributed by atoms with Crippen LogP contribution >= 0.6 is 11.5 Å². The molecule has 2 aliphatic heterocycles. The maximum absolute atomic E-state index is 4.22. The van der Waals surface area contributed by atoms with E-state index in [1.54, 1.807) is 6.33 Å². The number of hydrogen-bond donors (Lipinski definition) is 1. The number of aromatic nitrogens is 2. The molecule has 0 amide bonds. The molecule has 1 unspecified atom stereocenters. The van der Waals surface area contributed by atoms with Gasteiger partial charge in [0, 0.05) is 36.7 Å². The zero-order valence-corrected chi connectivity index (χ0v) is 7.42. The van der Waals surface area contributed by atoms with Crippen molar-refractivity contribution in [1.82, 2.24) is 14.7 Å². The highest BCUT2D eigenvalue weighted by Crippen LogP contribution is 2.29. The number of anilines is 1. The standard InChI is InChI=1S/C7H10N4S/c1-5-3-11(6(1)2-8-5)7-9-4-10-12-7/h4-6,8H,1-3H2/t5?,6-/m1/s1. The summed E-state index contributed by atoms with van der Waals surface area (Å²) in [4.78, 5) is 6.60. The van der Waals surface area contributed by atoms with Gasteiger partial charge in [-0.15, -0.1) is 0 Å². The Labute approximate surface area is 74.8 Å². The summed E-state index contributed by atoms with van der Waals surface area (Å²) in [5.74, 6) is 0. The van der Waals surface area contributed by atoms with E-state index < -0.39 is 0 Å². The smallest absolute Gasteiger partial charge is 0.205 e. The van der Waals surface area contributed by atoms with Crippen molar-refractivity contribution in [2.75, 3.05) is 18.0 Å². The minimum atomic E-state index is 0.669. The lowest BCUT2D eigenvalue weighted by Crippen LogP contribution is -2.43. The molecule has 5 heteroatoms. The first-order valence-corrected chi connectivity index (χ1v) is 4.97. The Hall–Kier alpha value is -0.680. The van der Waals surface area contributed by atoms with E-state index in [-0.39, 0.29) is 0 Å². The fourth-order valence-corrected chi connectivity index (χ4v) is 2.70. The van der Waals surface area contributed by atoms with Gasteiger partial charge < -0.3 is 10.2 Å². The summed E-state index contributed by atoms with van der Waals surface area (Å²) in [6, 6.07) is 1.36. The molecule has 1 N–H and O–H groups in total. The molecule has 2 fully saturated rings. The SMILES string of the molecule is c1nsc(N2CC3C[C@@H]2CN3)n1. The van der Waals surface area contributed by atoms with Crippen LogP contribution in [0.25, 0.3) is 0 Å². The highest BCUT2D eigenvalue weighted by atomic mass is 32.1. The van der Waals surface area contributed by atoms with E-state index >= 15 is 0 Å². The monoisotopic (exact) mass is 182 g/mol. The molecular formula is C7H10N4S. The van der Waals surface area contributed by atoms with Gasteiger partial charge >= 0.3 is 0 Å². The first-order chi connectivity index (χ1) is 5.93. The van der Waals surface area contributed by atoms with Gasteiger partial charge in [0.25, 0.3) is 0 Å². The number of nitrogens with zero attached hydrogens (tertiary/aromatic N) is 3. The van der Waals surface area contributed by atoms with Crippen LogP contribution in [0.4, 0.5) is 5.13 Å². The number of fused-ring (bicyclic) bond motifs is 2. The Morgan fingerprint density at radius 1 is 1.67 bits per heavy atom. The van der Waals surface area contributed by atoms with Gasteiger partial charge in [-0.1, -0.05) is 0 Å².